The molecule has 4 heteroatoms. The first-order valence-corrected chi connectivity index (χ1v) is 6.46. The third-order valence-electron chi connectivity index (χ3n) is 3.66. The third kappa shape index (κ3) is 2.38. The highest BCUT2D eigenvalue weighted by Gasteiger charge is 2.40. The van der Waals surface area contributed by atoms with Gasteiger partial charge >= 0.3 is 0 Å². The second-order valence-corrected chi connectivity index (χ2v) is 4.90. The quantitative estimate of drug-likeness (QED) is 0.810. The second-order valence-electron chi connectivity index (χ2n) is 4.90. The largest absolute Gasteiger partial charge is 0.495 e. The molecule has 1 saturated heterocycles. The van der Waals surface area contributed by atoms with Gasteiger partial charge in [-0.05, 0) is 25.5 Å². The van der Waals surface area contributed by atoms with Crippen LogP contribution in [0.4, 0.5) is 0 Å². The van der Waals surface area contributed by atoms with Gasteiger partial charge < -0.3 is 10.1 Å². The molecule has 0 radical (unpaired) electrons. The highest BCUT2D eigenvalue weighted by molar-refractivity contribution is 6.01. The maximum Gasteiger partial charge on any atom is 0.172 e. The summed E-state index contributed by atoms with van der Waals surface area (Å²) in [4.78, 5) is 16.8. The van der Waals surface area contributed by atoms with Gasteiger partial charge in [0.15, 0.2) is 5.78 Å². The van der Waals surface area contributed by atoms with Crippen molar-refractivity contribution < 1.29 is 9.53 Å². The van der Waals surface area contributed by atoms with Gasteiger partial charge in [-0.3, -0.25) is 9.78 Å². The number of pyridine rings is 1. The highest BCUT2D eigenvalue weighted by atomic mass is 16.5. The summed E-state index contributed by atoms with van der Waals surface area (Å²) in [5.41, 5.74) is 0.412. The van der Waals surface area contributed by atoms with Crippen LogP contribution in [0, 0.1) is 5.41 Å². The van der Waals surface area contributed by atoms with Gasteiger partial charge in [-0.25, -0.2) is 0 Å². The summed E-state index contributed by atoms with van der Waals surface area (Å²) in [6.45, 7) is 3.82. The average Bonchev–Trinajstić information content (AvgIpc) is 2.88. The van der Waals surface area contributed by atoms with Crippen LogP contribution in [-0.4, -0.2) is 31.0 Å². The Morgan fingerprint density at radius 2 is 2.39 bits per heavy atom. The van der Waals surface area contributed by atoms with Gasteiger partial charge in [0.2, 0.25) is 0 Å². The number of methoxy groups -OCH3 is 1. The average molecular weight is 248 g/mol. The molecule has 98 valence electrons. The Bertz CT molecular complexity index is 426. The molecule has 2 heterocycles. The zero-order valence-electron chi connectivity index (χ0n) is 11.0. The van der Waals surface area contributed by atoms with E-state index in [4.69, 9.17) is 4.74 Å². The molecule has 4 nitrogen and oxygen atoms in total. The van der Waals surface area contributed by atoms with E-state index in [9.17, 15) is 4.79 Å². The molecule has 0 saturated carbocycles. The van der Waals surface area contributed by atoms with Crippen molar-refractivity contribution in [2.45, 2.75) is 26.2 Å². The molecule has 2 rings (SSSR count). The van der Waals surface area contributed by atoms with Gasteiger partial charge in [0.25, 0.3) is 0 Å². The molecule has 1 atom stereocenters. The number of nitrogens with one attached hydrogen (secondary N) is 1. The van der Waals surface area contributed by atoms with Gasteiger partial charge in [-0.15, -0.1) is 0 Å². The standard InChI is InChI=1S/C14H20N2O2/c1-3-4-14(5-6-15-10-14)13(17)11-7-12(18-2)9-16-8-11/h7-9,15H,3-6,10H2,1-2H3. The molecule has 1 fully saturated rings. The van der Waals surface area contributed by atoms with Crippen molar-refractivity contribution in [1.29, 1.82) is 0 Å². The first-order valence-electron chi connectivity index (χ1n) is 6.46. The number of Topliss-reactive ketones (excluding diaryl/α,β-unsaturated/α-hetero) is 1. The molecule has 0 bridgehead atoms. The molecule has 0 amide bonds. The van der Waals surface area contributed by atoms with E-state index in [1.165, 1.54) is 0 Å². The van der Waals surface area contributed by atoms with Gasteiger partial charge in [-0.1, -0.05) is 13.3 Å². The molecule has 1 aromatic rings. The van der Waals surface area contributed by atoms with Crippen molar-refractivity contribution in [3.63, 3.8) is 0 Å². The molecule has 0 aromatic carbocycles. The number of carbonyl (C=O) groups excluding carboxylic acids is 1. The van der Waals surface area contributed by atoms with E-state index in [0.29, 0.717) is 11.3 Å². The van der Waals surface area contributed by atoms with Gasteiger partial charge in [0, 0.05) is 23.7 Å². The zero-order chi connectivity index (χ0) is 13.0. The number of rotatable bonds is 5. The van der Waals surface area contributed by atoms with E-state index in [1.54, 1.807) is 25.6 Å². The van der Waals surface area contributed by atoms with E-state index >= 15 is 0 Å². The van der Waals surface area contributed by atoms with Crippen LogP contribution in [0.5, 0.6) is 5.75 Å². The lowest BCUT2D eigenvalue weighted by Crippen LogP contribution is -2.33. The molecule has 18 heavy (non-hydrogen) atoms. The Morgan fingerprint density at radius 1 is 1.56 bits per heavy atom. The Balaban J connectivity index is 2.27. The van der Waals surface area contributed by atoms with Crippen LogP contribution < -0.4 is 10.1 Å². The minimum Gasteiger partial charge on any atom is -0.495 e. The number of hydrogen-bond acceptors (Lipinski definition) is 4. The fourth-order valence-corrected chi connectivity index (χ4v) is 2.70. The number of hydrogen-bond donors (Lipinski definition) is 1. The molecular weight excluding hydrogens is 228 g/mol. The van der Waals surface area contributed by atoms with Crippen LogP contribution in [0.3, 0.4) is 0 Å². The summed E-state index contributed by atoms with van der Waals surface area (Å²) in [6, 6.07) is 1.78. The van der Waals surface area contributed by atoms with Gasteiger partial charge in [0.1, 0.15) is 5.75 Å². The molecule has 1 aliphatic rings. The maximum absolute atomic E-state index is 12.7. The van der Waals surface area contributed by atoms with E-state index < -0.39 is 0 Å². The number of carbonyl (C=O) groups is 1. The lowest BCUT2D eigenvalue weighted by atomic mass is 9.76. The molecule has 1 N–H and O–H groups in total. The molecule has 0 spiro atoms. The number of ether oxygens (including phenoxy) is 1. The number of ketones is 1. The Kier molecular flexibility index (Phi) is 3.97. The van der Waals surface area contributed by atoms with E-state index in [-0.39, 0.29) is 11.2 Å². The first-order chi connectivity index (χ1) is 8.72. The summed E-state index contributed by atoms with van der Waals surface area (Å²) < 4.78 is 5.13. The van der Waals surface area contributed by atoms with Crippen molar-refractivity contribution in [2.24, 2.45) is 5.41 Å². The molecule has 1 aliphatic heterocycles. The van der Waals surface area contributed by atoms with Crippen molar-refractivity contribution in [2.75, 3.05) is 20.2 Å². The van der Waals surface area contributed by atoms with Gasteiger partial charge in [0.05, 0.1) is 13.3 Å². The Hall–Kier alpha value is -1.42. The van der Waals surface area contributed by atoms with E-state index in [1.807, 2.05) is 0 Å². The molecular formula is C14H20N2O2. The summed E-state index contributed by atoms with van der Waals surface area (Å²) in [5.74, 6) is 0.833. The minimum absolute atomic E-state index is 0.195. The van der Waals surface area contributed by atoms with Crippen molar-refractivity contribution in [3.05, 3.63) is 24.0 Å². The fraction of sp³-hybridized carbons (Fsp3) is 0.571. The highest BCUT2D eigenvalue weighted by Crippen LogP contribution is 2.35. The topological polar surface area (TPSA) is 51.2 Å². The van der Waals surface area contributed by atoms with Crippen molar-refractivity contribution >= 4 is 5.78 Å². The smallest absolute Gasteiger partial charge is 0.172 e. The number of nitrogens with zero attached hydrogens (tertiary/aromatic N) is 1. The first kappa shape index (κ1) is 13.0. The monoisotopic (exact) mass is 248 g/mol. The predicted molar refractivity (Wildman–Crippen MR) is 69.9 cm³/mol. The van der Waals surface area contributed by atoms with E-state index in [2.05, 4.69) is 17.2 Å². The van der Waals surface area contributed by atoms with Crippen LogP contribution in [0.25, 0.3) is 0 Å². The van der Waals surface area contributed by atoms with E-state index in [0.717, 1.165) is 32.4 Å². The molecule has 1 unspecified atom stereocenters. The predicted octanol–water partition coefficient (Wildman–Crippen LogP) is 2.05. The molecule has 1 aromatic heterocycles. The fourth-order valence-electron chi connectivity index (χ4n) is 2.70. The maximum atomic E-state index is 12.7. The van der Waals surface area contributed by atoms with Gasteiger partial charge in [-0.2, -0.15) is 0 Å². The Morgan fingerprint density at radius 3 is 3.00 bits per heavy atom. The van der Waals surface area contributed by atoms with Crippen LogP contribution in [0.15, 0.2) is 18.5 Å². The second kappa shape index (κ2) is 5.48. The minimum atomic E-state index is -0.247. The lowest BCUT2D eigenvalue weighted by molar-refractivity contribution is 0.0801. The van der Waals surface area contributed by atoms with Crippen LogP contribution in [-0.2, 0) is 0 Å². The van der Waals surface area contributed by atoms with Crippen LogP contribution >= 0.6 is 0 Å². The lowest BCUT2D eigenvalue weighted by Gasteiger charge is -2.26. The summed E-state index contributed by atoms with van der Waals surface area (Å²) in [7, 11) is 1.59. The van der Waals surface area contributed by atoms with Crippen molar-refractivity contribution in [3.8, 4) is 5.75 Å². The van der Waals surface area contributed by atoms with Crippen molar-refractivity contribution in [1.82, 2.24) is 10.3 Å². The van der Waals surface area contributed by atoms with Crippen LogP contribution in [0.1, 0.15) is 36.5 Å². The summed E-state index contributed by atoms with van der Waals surface area (Å²) in [6.07, 6.45) is 6.12. The Labute approximate surface area is 108 Å². The third-order valence-corrected chi connectivity index (χ3v) is 3.66. The summed E-state index contributed by atoms with van der Waals surface area (Å²) in [5, 5.41) is 3.30. The normalized spacial score (nSPS) is 23.0. The number of aromatic nitrogens is 1. The SMILES string of the molecule is CCCC1(C(=O)c2cncc(OC)c2)CCNC1. The molecule has 0 aliphatic carbocycles. The van der Waals surface area contributed by atoms with Crippen LogP contribution in [0.2, 0.25) is 0 Å². The zero-order valence-corrected chi connectivity index (χ0v) is 11.0. The summed E-state index contributed by atoms with van der Waals surface area (Å²) >= 11 is 0.